The smallest absolute Gasteiger partial charge is 0.341 e. The van der Waals surface area contributed by atoms with Crippen LogP contribution in [0.5, 0.6) is 0 Å². The molecule has 2 saturated heterocycles. The van der Waals surface area contributed by atoms with Crippen LogP contribution in [-0.2, 0) is 4.74 Å². The Labute approximate surface area is 141 Å². The van der Waals surface area contributed by atoms with Crippen LogP contribution in [0.15, 0.2) is 17.1 Å². The lowest BCUT2D eigenvalue weighted by atomic mass is 10.1. The molecule has 3 heterocycles. The minimum atomic E-state index is -1.43. The molecular weight excluding hydrogens is 334 g/mol. The second-order valence-electron chi connectivity index (χ2n) is 6.39. The van der Waals surface area contributed by atoms with Gasteiger partial charge in [0.1, 0.15) is 17.1 Å². The molecule has 1 aromatic carbocycles. The van der Waals surface area contributed by atoms with E-state index in [4.69, 9.17) is 4.74 Å². The van der Waals surface area contributed by atoms with E-state index in [0.29, 0.717) is 13.1 Å². The largest absolute Gasteiger partial charge is 0.477 e. The summed E-state index contributed by atoms with van der Waals surface area (Å²) >= 11 is 0. The van der Waals surface area contributed by atoms with Crippen molar-refractivity contribution in [2.24, 2.45) is 0 Å². The number of carboxylic acid groups (broad SMARTS) is 1. The zero-order valence-corrected chi connectivity index (χ0v) is 13.3. The summed E-state index contributed by atoms with van der Waals surface area (Å²) in [6.07, 6.45) is 2.82. The molecule has 0 spiro atoms. The second-order valence-corrected chi connectivity index (χ2v) is 6.39. The lowest BCUT2D eigenvalue weighted by molar-refractivity contribution is -0.0219. The fourth-order valence-electron chi connectivity index (χ4n) is 3.49. The number of nitrogens with zero attached hydrogens (tertiary/aromatic N) is 2. The molecule has 2 aliphatic heterocycles. The van der Waals surface area contributed by atoms with Crippen LogP contribution >= 0.6 is 0 Å². The summed E-state index contributed by atoms with van der Waals surface area (Å²) in [5.41, 5.74) is -1.61. The van der Waals surface area contributed by atoms with Crippen molar-refractivity contribution in [2.45, 2.75) is 18.9 Å². The summed E-state index contributed by atoms with van der Waals surface area (Å²) in [5, 5.41) is 8.99. The van der Waals surface area contributed by atoms with Crippen LogP contribution < -0.4 is 10.3 Å². The molecule has 2 aromatic rings. The maximum atomic E-state index is 15.2. The molecule has 2 fully saturated rings. The van der Waals surface area contributed by atoms with Crippen LogP contribution in [0.1, 0.15) is 29.2 Å². The third kappa shape index (κ3) is 2.39. The van der Waals surface area contributed by atoms with Crippen molar-refractivity contribution in [1.82, 2.24) is 4.57 Å². The molecule has 0 radical (unpaired) electrons. The monoisotopic (exact) mass is 350 g/mol. The molecule has 0 aliphatic carbocycles. The average Bonchev–Trinajstić information content (AvgIpc) is 3.01. The summed E-state index contributed by atoms with van der Waals surface area (Å²) in [6.45, 7) is 1.66. The number of carboxylic acids is 1. The first kappa shape index (κ1) is 16.0. The van der Waals surface area contributed by atoms with Crippen LogP contribution in [0, 0.1) is 11.6 Å². The number of hydrogen-bond donors (Lipinski definition) is 1. The molecule has 2 aliphatic rings. The van der Waals surface area contributed by atoms with Gasteiger partial charge in [-0.25, -0.2) is 13.6 Å². The number of benzene rings is 1. The number of carbonyl (C=O) groups is 1. The van der Waals surface area contributed by atoms with E-state index in [-0.39, 0.29) is 35.8 Å². The van der Waals surface area contributed by atoms with Crippen molar-refractivity contribution in [3.63, 3.8) is 0 Å². The van der Waals surface area contributed by atoms with E-state index in [9.17, 15) is 19.1 Å². The van der Waals surface area contributed by atoms with E-state index in [1.54, 1.807) is 4.90 Å². The summed E-state index contributed by atoms with van der Waals surface area (Å²) in [6, 6.07) is 0.671. The predicted octanol–water partition coefficient (Wildman–Crippen LogP) is 2.15. The minimum Gasteiger partial charge on any atom is -0.477 e. The zero-order valence-electron chi connectivity index (χ0n) is 13.3. The number of ether oxygens (including phenoxy) is 1. The van der Waals surface area contributed by atoms with Gasteiger partial charge in [-0.15, -0.1) is 0 Å². The highest BCUT2D eigenvalue weighted by molar-refractivity contribution is 5.94. The summed E-state index contributed by atoms with van der Waals surface area (Å²) in [5.74, 6) is -3.09. The number of aromatic nitrogens is 1. The Hall–Kier alpha value is -2.48. The maximum absolute atomic E-state index is 15.2. The van der Waals surface area contributed by atoms with Gasteiger partial charge in [0.2, 0.25) is 5.43 Å². The van der Waals surface area contributed by atoms with E-state index in [1.807, 2.05) is 0 Å². The van der Waals surface area contributed by atoms with Gasteiger partial charge < -0.3 is 19.3 Å². The SMILES string of the molecule is O=C(O)c1cn(C2COC2)c2c(F)c(N3CCCC3)c(F)cc2c1=O. The van der Waals surface area contributed by atoms with Gasteiger partial charge in [-0.2, -0.15) is 0 Å². The number of fused-ring (bicyclic) bond motifs is 1. The molecule has 1 aromatic heterocycles. The Morgan fingerprint density at radius 2 is 1.92 bits per heavy atom. The molecule has 0 unspecified atom stereocenters. The molecule has 6 nitrogen and oxygen atoms in total. The predicted molar refractivity (Wildman–Crippen MR) is 86.4 cm³/mol. The minimum absolute atomic E-state index is 0.0633. The Bertz CT molecular complexity index is 931. The van der Waals surface area contributed by atoms with Crippen LogP contribution in [-0.4, -0.2) is 41.9 Å². The molecule has 0 amide bonds. The number of halogens is 2. The Morgan fingerprint density at radius 1 is 1.24 bits per heavy atom. The highest BCUT2D eigenvalue weighted by Gasteiger charge is 2.30. The van der Waals surface area contributed by atoms with Crippen LogP contribution in [0.4, 0.5) is 14.5 Å². The van der Waals surface area contributed by atoms with Gasteiger partial charge in [-0.1, -0.05) is 0 Å². The molecule has 0 saturated carbocycles. The highest BCUT2D eigenvalue weighted by atomic mass is 19.1. The van der Waals surface area contributed by atoms with E-state index < -0.39 is 28.6 Å². The van der Waals surface area contributed by atoms with Gasteiger partial charge in [0, 0.05) is 19.3 Å². The van der Waals surface area contributed by atoms with Crippen LogP contribution in [0.3, 0.4) is 0 Å². The highest BCUT2D eigenvalue weighted by Crippen LogP contribution is 2.34. The van der Waals surface area contributed by atoms with Crippen molar-refractivity contribution in [3.05, 3.63) is 39.7 Å². The van der Waals surface area contributed by atoms with Crippen molar-refractivity contribution in [3.8, 4) is 0 Å². The van der Waals surface area contributed by atoms with Crippen LogP contribution in [0.25, 0.3) is 10.9 Å². The van der Waals surface area contributed by atoms with Gasteiger partial charge in [-0.05, 0) is 18.9 Å². The molecule has 1 N–H and O–H groups in total. The Morgan fingerprint density at radius 3 is 2.48 bits per heavy atom. The van der Waals surface area contributed by atoms with Gasteiger partial charge >= 0.3 is 5.97 Å². The van der Waals surface area contributed by atoms with E-state index in [1.165, 1.54) is 4.57 Å². The lowest BCUT2D eigenvalue weighted by Crippen LogP contribution is -2.33. The average molecular weight is 350 g/mol. The third-order valence-electron chi connectivity index (χ3n) is 4.85. The topological polar surface area (TPSA) is 71.8 Å². The fraction of sp³-hybridized carbons (Fsp3) is 0.412. The molecule has 4 rings (SSSR count). The number of pyridine rings is 1. The quantitative estimate of drug-likeness (QED) is 0.918. The van der Waals surface area contributed by atoms with Crippen molar-refractivity contribution in [1.29, 1.82) is 0 Å². The Balaban J connectivity index is 2.06. The second kappa shape index (κ2) is 5.80. The molecule has 25 heavy (non-hydrogen) atoms. The van der Waals surface area contributed by atoms with Crippen LogP contribution in [0.2, 0.25) is 0 Å². The third-order valence-corrected chi connectivity index (χ3v) is 4.85. The molecule has 8 heteroatoms. The summed E-state index contributed by atoms with van der Waals surface area (Å²) < 4.78 is 36.3. The number of aromatic carboxylic acids is 1. The van der Waals surface area contributed by atoms with Gasteiger partial charge in [0.25, 0.3) is 0 Å². The van der Waals surface area contributed by atoms with Crippen molar-refractivity contribution in [2.75, 3.05) is 31.2 Å². The number of anilines is 1. The van der Waals surface area contributed by atoms with E-state index in [0.717, 1.165) is 25.1 Å². The number of hydrogen-bond acceptors (Lipinski definition) is 4. The summed E-state index contributed by atoms with van der Waals surface area (Å²) in [4.78, 5) is 25.4. The standard InChI is InChI=1S/C17H16F2N2O4/c18-12-5-10-14(13(19)15(12)20-3-1-2-4-20)21(9-7-25-8-9)6-11(16(10)22)17(23)24/h5-6,9H,1-4,7-8H2,(H,23,24). The normalized spacial score (nSPS) is 17.9. The first-order valence-electron chi connectivity index (χ1n) is 8.12. The molecule has 0 atom stereocenters. The maximum Gasteiger partial charge on any atom is 0.341 e. The fourth-order valence-corrected chi connectivity index (χ4v) is 3.49. The molecule has 0 bridgehead atoms. The van der Waals surface area contributed by atoms with Gasteiger partial charge in [0.15, 0.2) is 5.82 Å². The molecule has 132 valence electrons. The first-order chi connectivity index (χ1) is 12.0. The van der Waals surface area contributed by atoms with Gasteiger partial charge in [0.05, 0.1) is 30.2 Å². The number of rotatable bonds is 3. The van der Waals surface area contributed by atoms with E-state index in [2.05, 4.69) is 0 Å². The van der Waals surface area contributed by atoms with Gasteiger partial charge in [-0.3, -0.25) is 4.79 Å². The van der Waals surface area contributed by atoms with E-state index >= 15 is 4.39 Å². The van der Waals surface area contributed by atoms with Crippen molar-refractivity contribution >= 4 is 22.6 Å². The van der Waals surface area contributed by atoms with Crippen molar-refractivity contribution < 1.29 is 23.4 Å². The Kier molecular flexibility index (Phi) is 3.72. The first-order valence-corrected chi connectivity index (χ1v) is 8.12. The summed E-state index contributed by atoms with van der Waals surface area (Å²) in [7, 11) is 0. The zero-order chi connectivity index (χ0) is 17.7. The lowest BCUT2D eigenvalue weighted by Gasteiger charge is -2.31. The molecular formula is C17H16F2N2O4.